The minimum Gasteiger partial charge on any atom is -0.508 e. The fourth-order valence-electron chi connectivity index (χ4n) is 5.54. The average Bonchev–Trinajstić information content (AvgIpc) is 3.46. The Morgan fingerprint density at radius 3 is 2.77 bits per heavy atom. The zero-order chi connectivity index (χ0) is 21.7. The molecule has 1 fully saturated rings. The SMILES string of the molecule is CCC1=C2Cn3c(cc4c(c3=O)COC(=O)[SH]4(=O)CC)C2=C2CC2c2ccc(O)cc21. The quantitative estimate of drug-likeness (QED) is 0.552. The fourth-order valence-corrected chi connectivity index (χ4v) is 7.54. The second-order valence-corrected chi connectivity index (χ2v) is 11.6. The van der Waals surface area contributed by atoms with Gasteiger partial charge in [-0.1, -0.05) is 25.5 Å². The normalized spacial score (nSPS) is 23.2. The molecule has 2 aromatic rings. The predicted molar refractivity (Wildman–Crippen MR) is 119 cm³/mol. The highest BCUT2D eigenvalue weighted by molar-refractivity contribution is 8.16. The lowest BCUT2D eigenvalue weighted by atomic mass is 9.91. The third kappa shape index (κ3) is 2.30. The number of carbonyl (C=O) groups is 1. The molecule has 6 rings (SSSR count). The third-order valence-electron chi connectivity index (χ3n) is 7.18. The monoisotopic (exact) mass is 437 g/mol. The van der Waals surface area contributed by atoms with Crippen molar-refractivity contribution in [1.29, 1.82) is 0 Å². The van der Waals surface area contributed by atoms with Crippen molar-refractivity contribution in [3.8, 4) is 5.75 Å². The average molecular weight is 438 g/mol. The van der Waals surface area contributed by atoms with Gasteiger partial charge in [-0.3, -0.25) is 9.00 Å². The molecular weight excluding hydrogens is 414 g/mol. The van der Waals surface area contributed by atoms with Gasteiger partial charge in [0.25, 0.3) is 5.56 Å². The van der Waals surface area contributed by atoms with Crippen LogP contribution in [0.5, 0.6) is 5.75 Å². The van der Waals surface area contributed by atoms with Gasteiger partial charge < -0.3 is 14.4 Å². The van der Waals surface area contributed by atoms with Crippen LogP contribution in [-0.2, 0) is 27.8 Å². The van der Waals surface area contributed by atoms with E-state index in [-0.39, 0.29) is 29.6 Å². The summed E-state index contributed by atoms with van der Waals surface area (Å²) in [6.45, 7) is 4.11. The second-order valence-electron chi connectivity index (χ2n) is 8.63. The fraction of sp³-hybridized carbons (Fsp3) is 0.333. The Balaban J connectivity index is 1.66. The molecule has 0 radical (unpaired) electrons. The van der Waals surface area contributed by atoms with Gasteiger partial charge in [0.15, 0.2) is 0 Å². The van der Waals surface area contributed by atoms with E-state index in [1.165, 1.54) is 11.1 Å². The first-order valence-corrected chi connectivity index (χ1v) is 12.6. The Morgan fingerprint density at radius 2 is 2.03 bits per heavy atom. The maximum Gasteiger partial charge on any atom is 0.378 e. The van der Waals surface area contributed by atoms with Gasteiger partial charge in [-0.25, -0.2) is 4.79 Å². The number of cyclic esters (lactones) is 1. The number of carbonyl (C=O) groups excluding carboxylic acids is 1. The number of benzene rings is 1. The van der Waals surface area contributed by atoms with E-state index in [0.717, 1.165) is 40.8 Å². The number of thiol groups is 1. The van der Waals surface area contributed by atoms with Gasteiger partial charge in [0.2, 0.25) is 0 Å². The maximum atomic E-state index is 13.5. The van der Waals surface area contributed by atoms with Crippen molar-refractivity contribution in [3.05, 3.63) is 68.1 Å². The number of rotatable bonds is 2. The van der Waals surface area contributed by atoms with E-state index >= 15 is 0 Å². The number of nitrogens with zero attached hydrogens (tertiary/aromatic N) is 1. The summed E-state index contributed by atoms with van der Waals surface area (Å²) in [5.41, 5.74) is 7.74. The molecule has 1 aromatic carbocycles. The number of pyridine rings is 1. The molecule has 1 unspecified atom stereocenters. The molecule has 1 N–H and O–H groups in total. The van der Waals surface area contributed by atoms with Gasteiger partial charge in [-0.15, -0.1) is 0 Å². The van der Waals surface area contributed by atoms with Crippen molar-refractivity contribution < 1.29 is 18.8 Å². The van der Waals surface area contributed by atoms with Gasteiger partial charge in [0, 0.05) is 32.1 Å². The molecule has 1 aromatic heterocycles. The topological polar surface area (TPSA) is 85.6 Å². The molecule has 0 saturated heterocycles. The van der Waals surface area contributed by atoms with E-state index in [9.17, 15) is 18.9 Å². The lowest BCUT2D eigenvalue weighted by Crippen LogP contribution is -2.38. The molecule has 31 heavy (non-hydrogen) atoms. The first-order valence-electron chi connectivity index (χ1n) is 10.7. The van der Waals surface area contributed by atoms with E-state index in [2.05, 4.69) is 6.92 Å². The van der Waals surface area contributed by atoms with Crippen molar-refractivity contribution >= 4 is 26.4 Å². The Hall–Kier alpha value is -2.93. The van der Waals surface area contributed by atoms with E-state index in [1.807, 2.05) is 18.2 Å². The van der Waals surface area contributed by atoms with E-state index in [4.69, 9.17) is 4.74 Å². The zero-order valence-electron chi connectivity index (χ0n) is 17.4. The standard InChI is InChI=1S/C24H23NO5S/c1-3-13-15-7-12(26)5-6-14(15)16-8-17(16)22-18(13)10-25-20(22)9-21-19(23(25)27)11-30-24(28)31(21,29)4-2/h5-7,9,16,26,31H,3-4,8,10-11H2,1-2H3. The molecule has 160 valence electrons. The number of phenolic OH excluding ortho intramolecular Hbond substituents is 1. The summed E-state index contributed by atoms with van der Waals surface area (Å²) < 4.78 is 20.4. The molecule has 0 bridgehead atoms. The Labute approximate surface area is 180 Å². The largest absolute Gasteiger partial charge is 0.508 e. The molecule has 6 nitrogen and oxygen atoms in total. The molecule has 0 amide bonds. The minimum atomic E-state index is -3.43. The molecule has 2 aliphatic heterocycles. The van der Waals surface area contributed by atoms with Gasteiger partial charge in [0.1, 0.15) is 12.4 Å². The highest BCUT2D eigenvalue weighted by Gasteiger charge is 2.45. The van der Waals surface area contributed by atoms with Crippen molar-refractivity contribution in [1.82, 2.24) is 4.57 Å². The molecule has 4 aliphatic rings. The van der Waals surface area contributed by atoms with Crippen LogP contribution in [0.25, 0.3) is 11.1 Å². The van der Waals surface area contributed by atoms with Crippen molar-refractivity contribution in [2.24, 2.45) is 0 Å². The van der Waals surface area contributed by atoms with E-state index in [0.29, 0.717) is 17.0 Å². The molecule has 2 aliphatic carbocycles. The van der Waals surface area contributed by atoms with Crippen LogP contribution in [0.2, 0.25) is 0 Å². The molecular formula is C24H23NO5S. The van der Waals surface area contributed by atoms with Crippen LogP contribution < -0.4 is 5.56 Å². The smallest absolute Gasteiger partial charge is 0.378 e. The van der Waals surface area contributed by atoms with Gasteiger partial charge >= 0.3 is 5.30 Å². The molecule has 7 heteroatoms. The summed E-state index contributed by atoms with van der Waals surface area (Å²) in [5, 5.41) is 9.44. The van der Waals surface area contributed by atoms with E-state index in [1.54, 1.807) is 17.6 Å². The number of hydrogen-bond donors (Lipinski definition) is 2. The highest BCUT2D eigenvalue weighted by Crippen LogP contribution is 2.59. The summed E-state index contributed by atoms with van der Waals surface area (Å²) in [5.74, 6) is 0.646. The Morgan fingerprint density at radius 1 is 1.23 bits per heavy atom. The van der Waals surface area contributed by atoms with Gasteiger partial charge in [-0.05, 0) is 53.3 Å². The summed E-state index contributed by atoms with van der Waals surface area (Å²) in [7, 11) is -3.43. The van der Waals surface area contributed by atoms with Crippen LogP contribution in [-0.4, -0.2) is 24.9 Å². The van der Waals surface area contributed by atoms with Crippen LogP contribution in [0.4, 0.5) is 4.79 Å². The van der Waals surface area contributed by atoms with Crippen LogP contribution >= 0.6 is 0 Å². The maximum absolute atomic E-state index is 13.5. The number of allylic oxidation sites excluding steroid dienone is 4. The summed E-state index contributed by atoms with van der Waals surface area (Å²) in [4.78, 5) is 26.2. The number of aromatic nitrogens is 1. The number of ether oxygens (including phenoxy) is 1. The first-order chi connectivity index (χ1) is 14.9. The number of aromatic hydroxyl groups is 1. The minimum absolute atomic E-state index is 0.123. The molecule has 1 saturated carbocycles. The summed E-state index contributed by atoms with van der Waals surface area (Å²) >= 11 is 0. The lowest BCUT2D eigenvalue weighted by Gasteiger charge is -2.28. The van der Waals surface area contributed by atoms with Gasteiger partial charge in [0.05, 0.1) is 17.8 Å². The zero-order valence-corrected chi connectivity index (χ0v) is 18.3. The van der Waals surface area contributed by atoms with Crippen LogP contribution in [0.15, 0.2) is 45.1 Å². The summed E-state index contributed by atoms with van der Waals surface area (Å²) in [6, 6.07) is 7.39. The van der Waals surface area contributed by atoms with Crippen LogP contribution in [0, 0.1) is 0 Å². The first kappa shape index (κ1) is 18.8. The molecule has 1 atom stereocenters. The van der Waals surface area contributed by atoms with Gasteiger partial charge in [-0.2, -0.15) is 0 Å². The number of phenols is 1. The van der Waals surface area contributed by atoms with E-state index < -0.39 is 15.2 Å². The molecule has 0 spiro atoms. The molecule has 3 heterocycles. The summed E-state index contributed by atoms with van der Waals surface area (Å²) in [6.07, 6.45) is 1.68. The Bertz CT molecular complexity index is 1390. The van der Waals surface area contributed by atoms with Crippen molar-refractivity contribution in [2.75, 3.05) is 5.75 Å². The highest BCUT2D eigenvalue weighted by atomic mass is 32.2. The third-order valence-corrected chi connectivity index (χ3v) is 9.97. The number of fused-ring (bicyclic) bond motifs is 7. The van der Waals surface area contributed by atoms with Crippen molar-refractivity contribution in [3.63, 3.8) is 0 Å². The second kappa shape index (κ2) is 6.07. The van der Waals surface area contributed by atoms with Crippen molar-refractivity contribution in [2.45, 2.75) is 50.7 Å². The predicted octanol–water partition coefficient (Wildman–Crippen LogP) is 3.73. The number of hydrogen-bond acceptors (Lipinski definition) is 5. The van der Waals surface area contributed by atoms with Crippen LogP contribution in [0.3, 0.4) is 0 Å². The lowest BCUT2D eigenvalue weighted by molar-refractivity contribution is 0.161. The van der Waals surface area contributed by atoms with Crippen LogP contribution in [0.1, 0.15) is 55.0 Å². The Kier molecular flexibility index (Phi) is 3.68.